The Balaban J connectivity index is 2.64. The molecule has 1 aromatic carbocycles. The first-order valence-electron chi connectivity index (χ1n) is 3.58. The first kappa shape index (κ1) is 8.71. The lowest BCUT2D eigenvalue weighted by Gasteiger charge is -2.01. The molecule has 0 aliphatic rings. The quantitative estimate of drug-likeness (QED) is 0.715. The fraction of sp³-hybridized carbons (Fsp3) is 0.111. The van der Waals surface area contributed by atoms with Crippen molar-refractivity contribution in [2.75, 3.05) is 5.32 Å². The summed E-state index contributed by atoms with van der Waals surface area (Å²) < 4.78 is 12.4. The van der Waals surface area contributed by atoms with Crippen molar-refractivity contribution in [3.8, 4) is 0 Å². The summed E-state index contributed by atoms with van der Waals surface area (Å²) in [5, 5.41) is 2.56. The Labute approximate surface area is 70.4 Å². The van der Waals surface area contributed by atoms with Gasteiger partial charge in [0.15, 0.2) is 0 Å². The van der Waals surface area contributed by atoms with E-state index in [1.165, 1.54) is 30.7 Å². The molecular formula is C9H9FNO. The predicted octanol–water partition coefficient (Wildman–Crippen LogP) is 1.99. The van der Waals surface area contributed by atoms with Crippen LogP contribution in [-0.2, 0) is 4.79 Å². The highest BCUT2D eigenvalue weighted by atomic mass is 19.1. The van der Waals surface area contributed by atoms with E-state index in [0.29, 0.717) is 5.69 Å². The fourth-order valence-electron chi connectivity index (χ4n) is 0.748. The second-order valence-electron chi connectivity index (χ2n) is 2.28. The molecule has 0 fully saturated rings. The van der Waals surface area contributed by atoms with Crippen molar-refractivity contribution >= 4 is 11.6 Å². The van der Waals surface area contributed by atoms with Gasteiger partial charge in [-0.2, -0.15) is 0 Å². The lowest BCUT2D eigenvalue weighted by atomic mass is 10.3. The van der Waals surface area contributed by atoms with Gasteiger partial charge in [-0.25, -0.2) is 4.39 Å². The lowest BCUT2D eigenvalue weighted by molar-refractivity contribution is -0.113. The van der Waals surface area contributed by atoms with E-state index in [4.69, 9.17) is 0 Å². The number of carbonyl (C=O) groups excluding carboxylic acids is 1. The van der Waals surface area contributed by atoms with Gasteiger partial charge in [-0.05, 0) is 24.3 Å². The van der Waals surface area contributed by atoms with Crippen molar-refractivity contribution in [3.05, 3.63) is 36.5 Å². The van der Waals surface area contributed by atoms with Crippen molar-refractivity contribution in [3.63, 3.8) is 0 Å². The van der Waals surface area contributed by atoms with Gasteiger partial charge in [0.2, 0.25) is 5.91 Å². The van der Waals surface area contributed by atoms with Crippen molar-refractivity contribution in [2.45, 2.75) is 6.92 Å². The molecular weight excluding hydrogens is 157 g/mol. The molecule has 1 N–H and O–H groups in total. The standard InChI is InChI=1S/C9H9FNO/c1-2-9(12)11-8-5-3-7(10)4-6-8/h2-6H,1H3,(H,11,12). The summed E-state index contributed by atoms with van der Waals surface area (Å²) in [6, 6.07) is 5.62. The van der Waals surface area contributed by atoms with Crippen LogP contribution in [0.2, 0.25) is 0 Å². The fourth-order valence-corrected chi connectivity index (χ4v) is 0.748. The average Bonchev–Trinajstić information content (AvgIpc) is 2.09. The first-order valence-corrected chi connectivity index (χ1v) is 3.58. The SMILES string of the molecule is C[CH]C(=O)Nc1ccc(F)cc1. The number of hydrogen-bond acceptors (Lipinski definition) is 1. The van der Waals surface area contributed by atoms with Gasteiger partial charge in [-0.1, -0.05) is 6.92 Å². The van der Waals surface area contributed by atoms with Gasteiger partial charge >= 0.3 is 0 Å². The first-order chi connectivity index (χ1) is 5.72. The topological polar surface area (TPSA) is 29.1 Å². The summed E-state index contributed by atoms with van der Waals surface area (Å²) in [6.45, 7) is 1.64. The number of carbonyl (C=O) groups is 1. The molecule has 1 rings (SSSR count). The van der Waals surface area contributed by atoms with Crippen molar-refractivity contribution in [1.29, 1.82) is 0 Å². The number of anilines is 1. The summed E-state index contributed by atoms with van der Waals surface area (Å²) in [5.74, 6) is -0.505. The second kappa shape index (κ2) is 3.85. The third-order valence-corrected chi connectivity index (χ3v) is 1.37. The van der Waals surface area contributed by atoms with Crippen LogP contribution in [0.4, 0.5) is 10.1 Å². The van der Waals surface area contributed by atoms with Crippen LogP contribution in [-0.4, -0.2) is 5.91 Å². The van der Waals surface area contributed by atoms with Gasteiger partial charge in [-0.15, -0.1) is 0 Å². The Bertz CT molecular complexity index is 268. The Morgan fingerprint density at radius 1 is 1.42 bits per heavy atom. The molecule has 0 saturated heterocycles. The van der Waals surface area contributed by atoms with E-state index in [-0.39, 0.29) is 11.7 Å². The van der Waals surface area contributed by atoms with E-state index >= 15 is 0 Å². The second-order valence-corrected chi connectivity index (χ2v) is 2.28. The van der Waals surface area contributed by atoms with Crippen LogP contribution in [0.25, 0.3) is 0 Å². The molecule has 1 aromatic rings. The largest absolute Gasteiger partial charge is 0.326 e. The number of benzene rings is 1. The van der Waals surface area contributed by atoms with Gasteiger partial charge < -0.3 is 5.32 Å². The molecule has 0 heterocycles. The molecule has 0 unspecified atom stereocenters. The van der Waals surface area contributed by atoms with E-state index in [1.807, 2.05) is 0 Å². The zero-order valence-electron chi connectivity index (χ0n) is 6.67. The predicted molar refractivity (Wildman–Crippen MR) is 45.0 cm³/mol. The molecule has 0 atom stereocenters. The number of amides is 1. The maximum atomic E-state index is 12.4. The Morgan fingerprint density at radius 3 is 2.50 bits per heavy atom. The number of nitrogens with one attached hydrogen (secondary N) is 1. The molecule has 2 nitrogen and oxygen atoms in total. The number of hydrogen-bond donors (Lipinski definition) is 1. The summed E-state index contributed by atoms with van der Waals surface area (Å²) in [7, 11) is 0. The molecule has 3 heteroatoms. The normalized spacial score (nSPS) is 9.50. The van der Waals surface area contributed by atoms with Gasteiger partial charge in [-0.3, -0.25) is 4.79 Å². The van der Waals surface area contributed by atoms with Crippen LogP contribution in [0.3, 0.4) is 0 Å². The van der Waals surface area contributed by atoms with Crippen molar-refractivity contribution < 1.29 is 9.18 Å². The van der Waals surface area contributed by atoms with Crippen LogP contribution in [0.1, 0.15) is 6.92 Å². The highest BCUT2D eigenvalue weighted by Crippen LogP contribution is 2.07. The molecule has 0 saturated carbocycles. The summed E-state index contributed by atoms with van der Waals surface area (Å²) in [4.78, 5) is 10.8. The van der Waals surface area contributed by atoms with Crippen LogP contribution in [0.5, 0.6) is 0 Å². The third-order valence-electron chi connectivity index (χ3n) is 1.37. The van der Waals surface area contributed by atoms with E-state index in [2.05, 4.69) is 5.32 Å². The third kappa shape index (κ3) is 2.34. The Kier molecular flexibility index (Phi) is 2.80. The molecule has 1 amide bonds. The maximum Gasteiger partial charge on any atom is 0.227 e. The highest BCUT2D eigenvalue weighted by molar-refractivity contribution is 5.96. The van der Waals surface area contributed by atoms with Gasteiger partial charge in [0, 0.05) is 12.1 Å². The summed E-state index contributed by atoms with van der Waals surface area (Å²) in [6.07, 6.45) is 1.41. The summed E-state index contributed by atoms with van der Waals surface area (Å²) >= 11 is 0. The van der Waals surface area contributed by atoms with Crippen LogP contribution >= 0.6 is 0 Å². The molecule has 12 heavy (non-hydrogen) atoms. The Hall–Kier alpha value is -1.38. The highest BCUT2D eigenvalue weighted by Gasteiger charge is 1.97. The van der Waals surface area contributed by atoms with E-state index in [1.54, 1.807) is 6.92 Å². The molecule has 0 aliphatic carbocycles. The summed E-state index contributed by atoms with van der Waals surface area (Å²) in [5.41, 5.74) is 0.597. The molecule has 0 spiro atoms. The van der Waals surface area contributed by atoms with Crippen molar-refractivity contribution in [2.24, 2.45) is 0 Å². The van der Waals surface area contributed by atoms with Gasteiger partial charge in [0.25, 0.3) is 0 Å². The minimum Gasteiger partial charge on any atom is -0.326 e. The Morgan fingerprint density at radius 2 is 2.00 bits per heavy atom. The van der Waals surface area contributed by atoms with Crippen LogP contribution in [0, 0.1) is 12.2 Å². The van der Waals surface area contributed by atoms with E-state index in [9.17, 15) is 9.18 Å². The van der Waals surface area contributed by atoms with Gasteiger partial charge in [0.05, 0.1) is 0 Å². The maximum absolute atomic E-state index is 12.4. The van der Waals surface area contributed by atoms with Crippen LogP contribution in [0.15, 0.2) is 24.3 Å². The monoisotopic (exact) mass is 166 g/mol. The van der Waals surface area contributed by atoms with E-state index < -0.39 is 0 Å². The molecule has 0 bridgehead atoms. The van der Waals surface area contributed by atoms with E-state index in [0.717, 1.165) is 0 Å². The van der Waals surface area contributed by atoms with Gasteiger partial charge in [0.1, 0.15) is 5.82 Å². The minimum atomic E-state index is -0.312. The zero-order chi connectivity index (χ0) is 8.97. The number of rotatable bonds is 2. The molecule has 0 aliphatic heterocycles. The van der Waals surface area contributed by atoms with Crippen LogP contribution < -0.4 is 5.32 Å². The average molecular weight is 166 g/mol. The molecule has 1 radical (unpaired) electrons. The zero-order valence-corrected chi connectivity index (χ0v) is 6.67. The lowest BCUT2D eigenvalue weighted by Crippen LogP contribution is -2.09. The smallest absolute Gasteiger partial charge is 0.227 e. The van der Waals surface area contributed by atoms with Crippen molar-refractivity contribution in [1.82, 2.24) is 0 Å². The number of halogens is 1. The molecule has 0 aromatic heterocycles. The molecule has 63 valence electrons. The minimum absolute atomic E-state index is 0.193.